The number of nitrogens with one attached hydrogen (secondary N) is 4. The van der Waals surface area contributed by atoms with Gasteiger partial charge in [-0.25, -0.2) is 13.6 Å². The van der Waals surface area contributed by atoms with Gasteiger partial charge in [-0.15, -0.1) is 0 Å². The van der Waals surface area contributed by atoms with Gasteiger partial charge in [0.05, 0.1) is 12.0 Å². The van der Waals surface area contributed by atoms with Gasteiger partial charge in [0.25, 0.3) is 5.91 Å². The third kappa shape index (κ3) is 8.69. The molecule has 2 rings (SSSR count). The van der Waals surface area contributed by atoms with Crippen LogP contribution in [0, 0.1) is 11.6 Å². The summed E-state index contributed by atoms with van der Waals surface area (Å²) in [7, 11) is 0. The smallest absolute Gasteiger partial charge is 0.405 e. The second kappa shape index (κ2) is 11.9. The van der Waals surface area contributed by atoms with Crippen molar-refractivity contribution < 1.29 is 33.1 Å². The van der Waals surface area contributed by atoms with E-state index in [0.717, 1.165) is 6.07 Å². The highest BCUT2D eigenvalue weighted by atomic mass is 19.1. The summed E-state index contributed by atoms with van der Waals surface area (Å²) in [6.07, 6.45) is -1.90. The highest BCUT2D eigenvalue weighted by molar-refractivity contribution is 5.96. The van der Waals surface area contributed by atoms with Crippen LogP contribution in [-0.4, -0.2) is 53.6 Å². The molecule has 0 unspecified atom stereocenters. The molecule has 0 saturated heterocycles. The minimum Gasteiger partial charge on any atom is -0.465 e. The zero-order valence-corrected chi connectivity index (χ0v) is 19.6. The van der Waals surface area contributed by atoms with Crippen molar-refractivity contribution in [3.63, 3.8) is 0 Å². The molecule has 1 atom stereocenters. The Morgan fingerprint density at radius 1 is 0.943 bits per heavy atom. The fourth-order valence-electron chi connectivity index (χ4n) is 3.16. The lowest BCUT2D eigenvalue weighted by molar-refractivity contribution is -0.128. The van der Waals surface area contributed by atoms with Crippen molar-refractivity contribution in [2.75, 3.05) is 13.1 Å². The van der Waals surface area contributed by atoms with Crippen molar-refractivity contribution in [2.45, 2.75) is 38.8 Å². The van der Waals surface area contributed by atoms with Crippen molar-refractivity contribution in [3.05, 3.63) is 59.7 Å². The number of hydrogen-bond donors (Lipinski definition) is 5. The first-order chi connectivity index (χ1) is 16.4. The van der Waals surface area contributed by atoms with Gasteiger partial charge in [-0.1, -0.05) is 24.3 Å². The van der Waals surface area contributed by atoms with Crippen LogP contribution in [0.5, 0.6) is 0 Å². The zero-order chi connectivity index (χ0) is 26.2. The number of halogens is 2. The van der Waals surface area contributed by atoms with Crippen LogP contribution in [-0.2, 0) is 9.59 Å². The van der Waals surface area contributed by atoms with E-state index >= 15 is 0 Å². The summed E-state index contributed by atoms with van der Waals surface area (Å²) < 4.78 is 28.2. The molecule has 2 aromatic carbocycles. The first-order valence-corrected chi connectivity index (χ1v) is 10.8. The number of carbonyl (C=O) groups excluding carboxylic acids is 3. The molecule has 4 amide bonds. The molecule has 0 heterocycles. The van der Waals surface area contributed by atoms with E-state index in [0.29, 0.717) is 5.56 Å². The topological polar surface area (TPSA) is 137 Å². The quantitative estimate of drug-likeness (QED) is 0.344. The summed E-state index contributed by atoms with van der Waals surface area (Å²) in [6, 6.07) is 8.17. The van der Waals surface area contributed by atoms with Crippen LogP contribution < -0.4 is 21.3 Å². The van der Waals surface area contributed by atoms with Gasteiger partial charge in [0, 0.05) is 24.2 Å². The van der Waals surface area contributed by atoms with Crippen LogP contribution >= 0.6 is 0 Å². The van der Waals surface area contributed by atoms with Crippen LogP contribution in [0.2, 0.25) is 0 Å². The minimum atomic E-state index is -1.48. The van der Waals surface area contributed by atoms with E-state index < -0.39 is 53.5 Å². The van der Waals surface area contributed by atoms with Crippen molar-refractivity contribution >= 4 is 23.8 Å². The minimum absolute atomic E-state index is 0.109. The third-order valence-corrected chi connectivity index (χ3v) is 4.62. The molecule has 35 heavy (non-hydrogen) atoms. The van der Waals surface area contributed by atoms with Gasteiger partial charge in [-0.05, 0) is 44.5 Å². The van der Waals surface area contributed by atoms with Crippen molar-refractivity contribution in [2.24, 2.45) is 0 Å². The number of amides is 4. The number of carboxylic acid groups (broad SMARTS) is 1. The van der Waals surface area contributed by atoms with Crippen molar-refractivity contribution in [3.8, 4) is 11.1 Å². The molecule has 0 aliphatic heterocycles. The van der Waals surface area contributed by atoms with E-state index in [1.54, 1.807) is 26.8 Å². The van der Waals surface area contributed by atoms with Gasteiger partial charge in [0.2, 0.25) is 11.8 Å². The molecule has 0 aliphatic rings. The molecular formula is C24H28F2N4O5. The summed E-state index contributed by atoms with van der Waals surface area (Å²) in [6.45, 7) is 4.99. The van der Waals surface area contributed by atoms with E-state index in [4.69, 9.17) is 5.11 Å². The van der Waals surface area contributed by atoms with Gasteiger partial charge in [0.1, 0.15) is 17.7 Å². The molecule has 0 aromatic heterocycles. The highest BCUT2D eigenvalue weighted by Gasteiger charge is 2.25. The van der Waals surface area contributed by atoms with Gasteiger partial charge in [-0.3, -0.25) is 14.4 Å². The maximum Gasteiger partial charge on any atom is 0.405 e. The van der Waals surface area contributed by atoms with Crippen LogP contribution in [0.1, 0.15) is 37.6 Å². The zero-order valence-electron chi connectivity index (χ0n) is 19.6. The summed E-state index contributed by atoms with van der Waals surface area (Å²) in [5.74, 6) is -3.39. The van der Waals surface area contributed by atoms with E-state index in [2.05, 4.69) is 16.0 Å². The molecule has 0 saturated carbocycles. The molecule has 2 aromatic rings. The molecule has 0 radical (unpaired) electrons. The maximum absolute atomic E-state index is 14.2. The van der Waals surface area contributed by atoms with E-state index in [1.807, 2.05) is 5.32 Å². The molecular weight excluding hydrogens is 462 g/mol. The Morgan fingerprint density at radius 2 is 1.60 bits per heavy atom. The lowest BCUT2D eigenvalue weighted by atomic mass is 10.0. The molecule has 5 N–H and O–H groups in total. The van der Waals surface area contributed by atoms with Gasteiger partial charge < -0.3 is 26.4 Å². The third-order valence-electron chi connectivity index (χ3n) is 4.62. The summed E-state index contributed by atoms with van der Waals surface area (Å²) in [4.78, 5) is 47.9. The predicted molar refractivity (Wildman–Crippen MR) is 125 cm³/mol. The molecule has 188 valence electrons. The second-order valence-corrected chi connectivity index (χ2v) is 8.73. The Morgan fingerprint density at radius 3 is 2.23 bits per heavy atom. The molecule has 0 bridgehead atoms. The lowest BCUT2D eigenvalue weighted by Crippen LogP contribution is -2.51. The Kier molecular flexibility index (Phi) is 9.26. The van der Waals surface area contributed by atoms with Crippen molar-refractivity contribution in [1.29, 1.82) is 0 Å². The van der Waals surface area contributed by atoms with Crippen LogP contribution in [0.15, 0.2) is 42.5 Å². The Balaban J connectivity index is 1.95. The van der Waals surface area contributed by atoms with Gasteiger partial charge in [0.15, 0.2) is 0 Å². The van der Waals surface area contributed by atoms with E-state index in [9.17, 15) is 28.0 Å². The number of carbonyl (C=O) groups is 4. The number of hydrogen-bond acceptors (Lipinski definition) is 4. The Labute approximate surface area is 201 Å². The summed E-state index contributed by atoms with van der Waals surface area (Å²) in [5.41, 5.74) is -0.341. The lowest BCUT2D eigenvalue weighted by Gasteiger charge is -2.23. The average molecular weight is 491 g/mol. The molecule has 9 nitrogen and oxygen atoms in total. The van der Waals surface area contributed by atoms with Crippen LogP contribution in [0.4, 0.5) is 13.6 Å². The monoisotopic (exact) mass is 490 g/mol. The molecule has 0 fully saturated rings. The first kappa shape index (κ1) is 27.2. The second-order valence-electron chi connectivity index (χ2n) is 8.73. The first-order valence-electron chi connectivity index (χ1n) is 10.8. The Hall–Kier alpha value is -4.02. The standard InChI is InChI=1S/C24H28F2N4O5/c1-24(2,3)30-20(31)13-19(29-23(34)35)22(33)28-11-10-27-21(32)16-12-14(8-9-18(16)26)15-6-4-5-7-17(15)25/h4-9,12,19,29H,10-11,13H2,1-3H3,(H,27,32)(H,28,33)(H,30,31)(H,34,35)/t19-/m0/s1. The normalized spacial score (nSPS) is 11.8. The molecule has 0 spiro atoms. The highest BCUT2D eigenvalue weighted by Crippen LogP contribution is 2.24. The number of benzene rings is 2. The average Bonchev–Trinajstić information content (AvgIpc) is 2.75. The molecule has 0 aliphatic carbocycles. The van der Waals surface area contributed by atoms with E-state index in [-0.39, 0.29) is 24.2 Å². The largest absolute Gasteiger partial charge is 0.465 e. The fourth-order valence-corrected chi connectivity index (χ4v) is 3.16. The maximum atomic E-state index is 14.2. The van der Waals surface area contributed by atoms with Gasteiger partial charge in [-0.2, -0.15) is 0 Å². The van der Waals surface area contributed by atoms with Crippen LogP contribution in [0.3, 0.4) is 0 Å². The SMILES string of the molecule is CC(C)(C)NC(=O)C[C@H](NC(=O)O)C(=O)NCCNC(=O)c1cc(-c2ccccc2F)ccc1F. The summed E-state index contributed by atoms with van der Waals surface area (Å²) >= 11 is 0. The van der Waals surface area contributed by atoms with Crippen LogP contribution in [0.25, 0.3) is 11.1 Å². The summed E-state index contributed by atoms with van der Waals surface area (Å²) in [5, 5.41) is 18.4. The number of rotatable bonds is 9. The van der Waals surface area contributed by atoms with Crippen molar-refractivity contribution in [1.82, 2.24) is 21.3 Å². The van der Waals surface area contributed by atoms with E-state index in [1.165, 1.54) is 30.3 Å². The molecule has 11 heteroatoms. The Bertz CT molecular complexity index is 1100. The van der Waals surface area contributed by atoms with Gasteiger partial charge >= 0.3 is 6.09 Å². The fraction of sp³-hybridized carbons (Fsp3) is 0.333. The predicted octanol–water partition coefficient (Wildman–Crippen LogP) is 2.42.